The van der Waals surface area contributed by atoms with Crippen molar-refractivity contribution in [3.63, 3.8) is 0 Å². The molecule has 2 fully saturated rings. The van der Waals surface area contributed by atoms with Gasteiger partial charge in [0.25, 0.3) is 5.91 Å². The van der Waals surface area contributed by atoms with Crippen LogP contribution in [0.3, 0.4) is 0 Å². The summed E-state index contributed by atoms with van der Waals surface area (Å²) in [6, 6.07) is 21.7. The van der Waals surface area contributed by atoms with E-state index in [0.29, 0.717) is 16.9 Å². The van der Waals surface area contributed by atoms with Gasteiger partial charge in [0.05, 0.1) is 24.8 Å². The molecule has 0 radical (unpaired) electrons. The summed E-state index contributed by atoms with van der Waals surface area (Å²) in [6.07, 6.45) is 2.20. The average Bonchev–Trinajstić information content (AvgIpc) is 1.57. The molecule has 8 amide bonds. The van der Waals surface area contributed by atoms with Crippen LogP contribution in [0.5, 0.6) is 5.75 Å². The van der Waals surface area contributed by atoms with E-state index in [9.17, 15) is 43.8 Å². The van der Waals surface area contributed by atoms with E-state index in [1.165, 1.54) is 4.90 Å². The maximum Gasteiger partial charge on any atom is 0.326 e. The second-order valence-electron chi connectivity index (χ2n) is 27.6. The van der Waals surface area contributed by atoms with Crippen molar-refractivity contribution >= 4 is 87.0 Å². The molecule has 4 aliphatic heterocycles. The van der Waals surface area contributed by atoms with Gasteiger partial charge in [0.1, 0.15) is 48.6 Å². The number of nitrogens with one attached hydrogen (secondary N) is 10. The standard InChI is InChI=1S/C74H96N12O14/c1-43(2)62(83-64(88)44(3)76-8)68(92)85-41-56-37-60(85)67(91)80-53(34-47-20-24-49-16-10-12-18-51(49)32-47)39-78-57(70(94)95)28-29-61(87)79-54-38-74(42-75,86(40-54)69(93)63(73(5,6)7)84-65(89)45(4)77-9)72(98)82-58(36-48-21-25-50-17-11-13-19-52(50)33-48)66(90)81-59(71(96)97)35-46-22-26-55(27-23-46)99-30-14-15-31-100-56/h10-27,32-33,42-45,53-54,56-60,62-63,75-78H,28-31,34-41H2,1-9H3,(H,79,87)(H,80,91)(H,81,90)(H,82,98)(H,83,88)(H,84,89)(H,94,95)(H,96,97). The number of likely N-dealkylation sites (tertiary alicyclic amines) is 2. The predicted molar refractivity (Wildman–Crippen MR) is 377 cm³/mol. The molecule has 4 aliphatic rings. The zero-order chi connectivity index (χ0) is 72.6. The molecular formula is C74H96N12O14. The fraction of sp³-hybridized carbons (Fsp3) is 0.473. The van der Waals surface area contributed by atoms with Gasteiger partial charge in [-0.2, -0.15) is 0 Å². The predicted octanol–water partition coefficient (Wildman–Crippen LogP) is 3.31. The Kier molecular flexibility index (Phi) is 26.2. The van der Waals surface area contributed by atoms with E-state index in [1.807, 2.05) is 78.9 Å². The zero-order valence-corrected chi connectivity index (χ0v) is 58.2. The molecule has 6 bridgehead atoms. The highest BCUT2D eigenvalue weighted by Crippen LogP contribution is 2.34. The Bertz CT molecular complexity index is 3820. The first-order chi connectivity index (χ1) is 47.6. The number of nitrogens with zero attached hydrogens (tertiary/aromatic N) is 2. The number of carbonyl (C=O) groups excluding carboxylic acids is 8. The summed E-state index contributed by atoms with van der Waals surface area (Å²) in [6.45, 7) is 11.5. The molecule has 9 rings (SSSR count). The largest absolute Gasteiger partial charge is 0.490 e. The van der Waals surface area contributed by atoms with Crippen molar-refractivity contribution in [1.82, 2.24) is 57.7 Å². The lowest BCUT2D eigenvalue weighted by atomic mass is 9.84. The summed E-state index contributed by atoms with van der Waals surface area (Å²) in [5.41, 5.74) is -1.44. The molecule has 26 heteroatoms. The Morgan fingerprint density at radius 3 is 1.86 bits per heavy atom. The van der Waals surface area contributed by atoms with E-state index in [0.717, 1.165) is 38.2 Å². The van der Waals surface area contributed by atoms with E-state index in [-0.39, 0.29) is 58.4 Å². The Morgan fingerprint density at radius 2 is 1.28 bits per heavy atom. The first-order valence-electron chi connectivity index (χ1n) is 34.0. The molecule has 100 heavy (non-hydrogen) atoms. The molecule has 0 spiro atoms. The third-order valence-corrected chi connectivity index (χ3v) is 18.8. The minimum absolute atomic E-state index is 0.0138. The number of ether oxygens (including phenoxy) is 2. The normalized spacial score (nSPS) is 23.8. The second kappa shape index (κ2) is 34.4. The third kappa shape index (κ3) is 19.6. The third-order valence-electron chi connectivity index (χ3n) is 18.8. The molecule has 2 saturated heterocycles. The lowest BCUT2D eigenvalue weighted by Crippen LogP contribution is -2.66. The fourth-order valence-electron chi connectivity index (χ4n) is 12.7. The number of carboxylic acids is 2. The quantitative estimate of drug-likeness (QED) is 0.0498. The summed E-state index contributed by atoms with van der Waals surface area (Å²) >= 11 is 0. The highest BCUT2D eigenvalue weighted by atomic mass is 16.5. The smallest absolute Gasteiger partial charge is 0.326 e. The molecule has 0 aliphatic carbocycles. The Labute approximate surface area is 582 Å². The van der Waals surface area contributed by atoms with Crippen molar-refractivity contribution in [2.45, 2.75) is 165 Å². The molecule has 12 N–H and O–H groups in total. The molecule has 4 heterocycles. The Morgan fingerprint density at radius 1 is 0.690 bits per heavy atom. The van der Waals surface area contributed by atoms with Crippen LogP contribution in [-0.2, 0) is 71.9 Å². The molecule has 5 aromatic carbocycles. The van der Waals surface area contributed by atoms with Crippen LogP contribution in [0.1, 0.15) is 90.8 Å². The van der Waals surface area contributed by atoms with E-state index in [1.54, 1.807) is 105 Å². The number of hydrogen-bond acceptors (Lipinski definition) is 16. The number of carbonyl (C=O) groups is 10. The molecule has 12 unspecified atom stereocenters. The summed E-state index contributed by atoms with van der Waals surface area (Å²) in [5, 5.41) is 60.0. The lowest BCUT2D eigenvalue weighted by Gasteiger charge is -2.40. The van der Waals surface area contributed by atoms with Crippen molar-refractivity contribution in [1.29, 1.82) is 5.41 Å². The number of hydrogen-bond donors (Lipinski definition) is 12. The van der Waals surface area contributed by atoms with Gasteiger partial charge >= 0.3 is 11.9 Å². The van der Waals surface area contributed by atoms with Crippen LogP contribution in [0.2, 0.25) is 0 Å². The first-order valence-corrected chi connectivity index (χ1v) is 34.0. The summed E-state index contributed by atoms with van der Waals surface area (Å²) in [5.74, 6) is -8.16. The van der Waals surface area contributed by atoms with Gasteiger partial charge in [-0.3, -0.25) is 43.2 Å². The van der Waals surface area contributed by atoms with Crippen LogP contribution in [0.25, 0.3) is 21.5 Å². The second-order valence-corrected chi connectivity index (χ2v) is 27.6. The average molecular weight is 1380 g/mol. The van der Waals surface area contributed by atoms with Gasteiger partial charge in [-0.05, 0) is 109 Å². The molecule has 12 atom stereocenters. The van der Waals surface area contributed by atoms with Gasteiger partial charge in [-0.25, -0.2) is 4.79 Å². The maximum absolute atomic E-state index is 15.5. The van der Waals surface area contributed by atoms with Crippen LogP contribution in [0.4, 0.5) is 0 Å². The van der Waals surface area contributed by atoms with Crippen molar-refractivity contribution in [3.05, 3.63) is 138 Å². The number of rotatable bonds is 16. The highest BCUT2D eigenvalue weighted by Gasteiger charge is 2.56. The van der Waals surface area contributed by atoms with Gasteiger partial charge in [0.15, 0.2) is 5.54 Å². The number of carboxylic acid groups (broad SMARTS) is 2. The van der Waals surface area contributed by atoms with E-state index in [4.69, 9.17) is 14.9 Å². The number of fused-ring (bicyclic) bond motifs is 23. The molecular weight excluding hydrogens is 1280 g/mol. The molecule has 536 valence electrons. The van der Waals surface area contributed by atoms with Crippen molar-refractivity contribution in [2.24, 2.45) is 11.3 Å². The summed E-state index contributed by atoms with van der Waals surface area (Å²) in [7, 11) is 3.18. The Hall–Kier alpha value is -9.63. The van der Waals surface area contributed by atoms with E-state index < -0.39 is 162 Å². The fourth-order valence-corrected chi connectivity index (χ4v) is 12.7. The van der Waals surface area contributed by atoms with Gasteiger partial charge in [0.2, 0.25) is 41.4 Å². The minimum Gasteiger partial charge on any atom is -0.490 e. The number of benzene rings is 5. The topological polar surface area (TPSA) is 368 Å². The van der Waals surface area contributed by atoms with Crippen molar-refractivity contribution in [2.75, 3.05) is 46.9 Å². The zero-order valence-electron chi connectivity index (χ0n) is 58.2. The molecule has 0 aromatic heterocycles. The van der Waals surface area contributed by atoms with Gasteiger partial charge in [-0.1, -0.05) is 138 Å². The monoisotopic (exact) mass is 1380 g/mol. The van der Waals surface area contributed by atoms with E-state index >= 15 is 14.4 Å². The molecule has 5 aromatic rings. The van der Waals surface area contributed by atoms with Gasteiger partial charge in [0, 0.05) is 70.0 Å². The Balaban J connectivity index is 1.15. The van der Waals surface area contributed by atoms with Crippen molar-refractivity contribution in [3.8, 4) is 5.75 Å². The number of likely N-dealkylation sites (N-methyl/N-ethyl adjacent to an activating group) is 2. The SMILES string of the molecule is CNC(C)C(=O)NC(C(=O)N1CC2CC1C(=O)NC(Cc1ccc3ccccc3c1)CNC(C(=O)O)CCC(=O)NC1CN(C(=O)C(NC(=O)C(C)NC)C(C)(C)C)C(C=N)(C1)C(=O)NC(Cc1ccc3ccccc3c1)C(=O)NC(C(=O)O)Cc1ccc(cc1)OCC=CCO2)C(C)C. The summed E-state index contributed by atoms with van der Waals surface area (Å²) < 4.78 is 12.3. The van der Waals surface area contributed by atoms with E-state index in [2.05, 4.69) is 47.9 Å². The van der Waals surface area contributed by atoms with Crippen LogP contribution < -0.4 is 52.6 Å². The van der Waals surface area contributed by atoms with Gasteiger partial charge in [-0.15, -0.1) is 0 Å². The van der Waals surface area contributed by atoms with Crippen LogP contribution in [0.15, 0.2) is 121 Å². The minimum atomic E-state index is -2.27. The highest BCUT2D eigenvalue weighted by molar-refractivity contribution is 6.09. The van der Waals surface area contributed by atoms with Crippen molar-refractivity contribution < 1.29 is 67.6 Å². The lowest BCUT2D eigenvalue weighted by molar-refractivity contribution is -0.147. The molecule has 0 saturated carbocycles. The van der Waals surface area contributed by atoms with Crippen LogP contribution >= 0.6 is 0 Å². The maximum atomic E-state index is 15.5. The van der Waals surface area contributed by atoms with Crippen LogP contribution in [-0.4, -0.2) is 204 Å². The van der Waals surface area contributed by atoms with Crippen LogP contribution in [0, 0.1) is 16.7 Å². The number of aliphatic carboxylic acids is 2. The van der Waals surface area contributed by atoms with Gasteiger partial charge < -0.3 is 82.7 Å². The number of amides is 8. The summed E-state index contributed by atoms with van der Waals surface area (Å²) in [4.78, 5) is 146. The molecule has 26 nitrogen and oxygen atoms in total. The first kappa shape index (κ1) is 76.1.